The van der Waals surface area contributed by atoms with Gasteiger partial charge in [-0.15, -0.1) is 0 Å². The van der Waals surface area contributed by atoms with E-state index in [9.17, 15) is 19.2 Å². The molecule has 0 aromatic heterocycles. The molecule has 6 nitrogen and oxygen atoms in total. The molecule has 0 fully saturated rings. The smallest absolute Gasteiger partial charge is 0.339 e. The summed E-state index contributed by atoms with van der Waals surface area (Å²) in [5, 5.41) is 0. The van der Waals surface area contributed by atoms with Crippen molar-refractivity contribution >= 4 is 23.5 Å². The highest BCUT2D eigenvalue weighted by atomic mass is 16.5. The van der Waals surface area contributed by atoms with Gasteiger partial charge in [0.05, 0.1) is 18.2 Å². The van der Waals surface area contributed by atoms with Crippen molar-refractivity contribution < 1.29 is 28.7 Å². The standard InChI is InChI=1S/C24H16O6/c1-29-23(27)15-11-9-14(10-12-15)13-30-24(28)19-8-4-7-18-20(19)22(26)17-6-3-2-5-16(17)21(18)25/h2-12H,13H2,1H3. The average molecular weight is 400 g/mol. The number of hydrogen-bond donors (Lipinski definition) is 0. The number of rotatable bonds is 4. The number of carbonyl (C=O) groups excluding carboxylic acids is 4. The Hall–Kier alpha value is -4.06. The SMILES string of the molecule is COC(=O)c1ccc(COC(=O)c2cccc3c2C(=O)c2ccccc2C3=O)cc1. The quantitative estimate of drug-likeness (QED) is 0.487. The Morgan fingerprint density at radius 2 is 1.37 bits per heavy atom. The van der Waals surface area contributed by atoms with E-state index < -0.39 is 11.9 Å². The maximum atomic E-state index is 13.0. The Bertz CT molecular complexity index is 1190. The predicted molar refractivity (Wildman–Crippen MR) is 107 cm³/mol. The van der Waals surface area contributed by atoms with Gasteiger partial charge in [-0.2, -0.15) is 0 Å². The van der Waals surface area contributed by atoms with Crippen LogP contribution in [0.25, 0.3) is 0 Å². The third kappa shape index (κ3) is 3.28. The van der Waals surface area contributed by atoms with Crippen molar-refractivity contribution in [2.75, 3.05) is 7.11 Å². The molecule has 3 aromatic carbocycles. The lowest BCUT2D eigenvalue weighted by Gasteiger charge is -2.19. The van der Waals surface area contributed by atoms with Gasteiger partial charge in [0.2, 0.25) is 0 Å². The summed E-state index contributed by atoms with van der Waals surface area (Å²) in [7, 11) is 1.29. The molecule has 0 unspecified atom stereocenters. The summed E-state index contributed by atoms with van der Waals surface area (Å²) < 4.78 is 10.0. The minimum atomic E-state index is -0.704. The van der Waals surface area contributed by atoms with Crippen molar-refractivity contribution in [3.63, 3.8) is 0 Å². The fourth-order valence-corrected chi connectivity index (χ4v) is 3.40. The number of ether oxygens (including phenoxy) is 2. The molecule has 0 amide bonds. The third-order valence-electron chi connectivity index (χ3n) is 4.92. The third-order valence-corrected chi connectivity index (χ3v) is 4.92. The molecule has 0 atom stereocenters. The monoisotopic (exact) mass is 400 g/mol. The van der Waals surface area contributed by atoms with Crippen molar-refractivity contribution in [2.45, 2.75) is 6.61 Å². The van der Waals surface area contributed by atoms with Crippen molar-refractivity contribution in [1.82, 2.24) is 0 Å². The van der Waals surface area contributed by atoms with E-state index >= 15 is 0 Å². The van der Waals surface area contributed by atoms with Crippen LogP contribution >= 0.6 is 0 Å². The van der Waals surface area contributed by atoms with Gasteiger partial charge in [0.25, 0.3) is 0 Å². The van der Waals surface area contributed by atoms with Gasteiger partial charge in [0, 0.05) is 22.3 Å². The first-order chi connectivity index (χ1) is 14.5. The molecular formula is C24H16O6. The van der Waals surface area contributed by atoms with Crippen molar-refractivity contribution in [2.24, 2.45) is 0 Å². The highest BCUT2D eigenvalue weighted by molar-refractivity contribution is 6.30. The maximum absolute atomic E-state index is 13.0. The topological polar surface area (TPSA) is 86.7 Å². The van der Waals surface area contributed by atoms with Crippen molar-refractivity contribution in [1.29, 1.82) is 0 Å². The minimum Gasteiger partial charge on any atom is -0.465 e. The van der Waals surface area contributed by atoms with E-state index in [2.05, 4.69) is 4.74 Å². The summed E-state index contributed by atoms with van der Waals surface area (Å²) >= 11 is 0. The van der Waals surface area contributed by atoms with Gasteiger partial charge < -0.3 is 9.47 Å². The van der Waals surface area contributed by atoms with Crippen molar-refractivity contribution in [3.05, 3.63) is 106 Å². The van der Waals surface area contributed by atoms with Crippen LogP contribution in [0.1, 0.15) is 58.1 Å². The number of methoxy groups -OCH3 is 1. The zero-order valence-electron chi connectivity index (χ0n) is 16.0. The van der Waals surface area contributed by atoms with E-state index in [-0.39, 0.29) is 40.4 Å². The van der Waals surface area contributed by atoms with Crippen LogP contribution in [0.2, 0.25) is 0 Å². The molecule has 0 saturated heterocycles. The molecule has 3 aromatic rings. The summed E-state index contributed by atoms with van der Waals surface area (Å²) in [6.07, 6.45) is 0. The second-order valence-electron chi connectivity index (χ2n) is 6.70. The summed E-state index contributed by atoms with van der Waals surface area (Å²) in [4.78, 5) is 50.0. The van der Waals surface area contributed by atoms with E-state index in [0.29, 0.717) is 16.7 Å². The molecule has 148 valence electrons. The summed E-state index contributed by atoms with van der Waals surface area (Å²) in [6.45, 7) is -0.0529. The molecule has 0 bridgehead atoms. The number of fused-ring (bicyclic) bond motifs is 2. The maximum Gasteiger partial charge on any atom is 0.339 e. The zero-order valence-corrected chi connectivity index (χ0v) is 16.0. The van der Waals surface area contributed by atoms with Gasteiger partial charge in [-0.25, -0.2) is 9.59 Å². The molecule has 6 heteroatoms. The molecular weight excluding hydrogens is 384 g/mol. The highest BCUT2D eigenvalue weighted by Crippen LogP contribution is 2.30. The van der Waals surface area contributed by atoms with Gasteiger partial charge >= 0.3 is 11.9 Å². The molecule has 30 heavy (non-hydrogen) atoms. The second kappa shape index (κ2) is 7.75. The predicted octanol–water partition coefficient (Wildman–Crippen LogP) is 3.61. The van der Waals surface area contributed by atoms with Gasteiger partial charge in [0.1, 0.15) is 6.61 Å². The van der Waals surface area contributed by atoms with Crippen molar-refractivity contribution in [3.8, 4) is 0 Å². The molecule has 0 heterocycles. The van der Waals surface area contributed by atoms with E-state index in [1.54, 1.807) is 54.6 Å². The number of hydrogen-bond acceptors (Lipinski definition) is 6. The molecule has 1 aliphatic carbocycles. The lowest BCUT2D eigenvalue weighted by atomic mass is 9.82. The zero-order chi connectivity index (χ0) is 21.3. The molecule has 0 radical (unpaired) electrons. The van der Waals surface area contributed by atoms with E-state index in [0.717, 1.165) is 0 Å². The number of ketones is 2. The Balaban J connectivity index is 1.58. The Kier molecular flexibility index (Phi) is 4.98. The van der Waals surface area contributed by atoms with E-state index in [1.165, 1.54) is 19.2 Å². The van der Waals surface area contributed by atoms with Crippen LogP contribution in [0.3, 0.4) is 0 Å². The summed E-state index contributed by atoms with van der Waals surface area (Å²) in [5.41, 5.74) is 1.94. The van der Waals surface area contributed by atoms with Crippen LogP contribution in [-0.4, -0.2) is 30.6 Å². The lowest BCUT2D eigenvalue weighted by molar-refractivity contribution is 0.0469. The second-order valence-corrected chi connectivity index (χ2v) is 6.70. The van der Waals surface area contributed by atoms with Crippen LogP contribution in [0, 0.1) is 0 Å². The van der Waals surface area contributed by atoms with E-state index in [1.807, 2.05) is 0 Å². The fraction of sp³-hybridized carbons (Fsp3) is 0.0833. The normalized spacial score (nSPS) is 12.0. The highest BCUT2D eigenvalue weighted by Gasteiger charge is 2.33. The molecule has 4 rings (SSSR count). The van der Waals surface area contributed by atoms with Crippen LogP contribution in [0.5, 0.6) is 0 Å². The summed E-state index contributed by atoms with van der Waals surface area (Å²) in [6, 6.07) is 17.5. The number of benzene rings is 3. The molecule has 0 aliphatic heterocycles. The van der Waals surface area contributed by atoms with Gasteiger partial charge in [0.15, 0.2) is 11.6 Å². The largest absolute Gasteiger partial charge is 0.465 e. The molecule has 0 N–H and O–H groups in total. The van der Waals surface area contributed by atoms with Crippen LogP contribution in [0.4, 0.5) is 0 Å². The first kappa shape index (κ1) is 19.3. The minimum absolute atomic E-state index is 0.0477. The van der Waals surface area contributed by atoms with E-state index in [4.69, 9.17) is 4.74 Å². The Labute approximate surface area is 172 Å². The molecule has 0 spiro atoms. The number of esters is 2. The summed E-state index contributed by atoms with van der Waals surface area (Å²) in [5.74, 6) is -1.84. The fourth-order valence-electron chi connectivity index (χ4n) is 3.40. The number of carbonyl (C=O) groups is 4. The van der Waals surface area contributed by atoms with Crippen LogP contribution in [0.15, 0.2) is 66.7 Å². The lowest BCUT2D eigenvalue weighted by Crippen LogP contribution is -2.24. The molecule has 1 aliphatic rings. The Morgan fingerprint density at radius 3 is 2.03 bits per heavy atom. The van der Waals surface area contributed by atoms with Crippen LogP contribution in [-0.2, 0) is 16.1 Å². The first-order valence-corrected chi connectivity index (χ1v) is 9.17. The van der Waals surface area contributed by atoms with Gasteiger partial charge in [-0.3, -0.25) is 9.59 Å². The van der Waals surface area contributed by atoms with Gasteiger partial charge in [-0.05, 0) is 23.8 Å². The molecule has 0 saturated carbocycles. The van der Waals surface area contributed by atoms with Gasteiger partial charge in [-0.1, -0.05) is 48.5 Å². The van der Waals surface area contributed by atoms with Crippen LogP contribution < -0.4 is 0 Å². The first-order valence-electron chi connectivity index (χ1n) is 9.17. The average Bonchev–Trinajstić information content (AvgIpc) is 2.80. The Morgan fingerprint density at radius 1 is 0.733 bits per heavy atom.